The number of amidine groups is 2. The van der Waals surface area contributed by atoms with E-state index in [0.717, 1.165) is 11.1 Å². The van der Waals surface area contributed by atoms with Crippen LogP contribution in [0.2, 0.25) is 5.02 Å². The molecule has 0 spiro atoms. The minimum absolute atomic E-state index is 0.0564. The monoisotopic (exact) mass is 484 g/mol. The van der Waals surface area contributed by atoms with E-state index < -0.39 is 0 Å². The van der Waals surface area contributed by atoms with E-state index in [1.165, 1.54) is 4.90 Å². The fourth-order valence-electron chi connectivity index (χ4n) is 3.40. The van der Waals surface area contributed by atoms with E-state index in [4.69, 9.17) is 16.4 Å². The van der Waals surface area contributed by atoms with Crippen LogP contribution in [0.15, 0.2) is 58.3 Å². The number of likely N-dealkylation sites (N-methyl/N-ethyl adjacent to an activating group) is 2. The summed E-state index contributed by atoms with van der Waals surface area (Å²) >= 11 is 6.60. The second-order valence-electron chi connectivity index (χ2n) is 7.87. The first-order chi connectivity index (χ1) is 16.2. The van der Waals surface area contributed by atoms with E-state index in [1.54, 1.807) is 37.2 Å². The highest BCUT2D eigenvalue weighted by Crippen LogP contribution is 2.32. The molecule has 0 aromatic heterocycles. The van der Waals surface area contributed by atoms with E-state index >= 15 is 0 Å². The van der Waals surface area contributed by atoms with Crippen molar-refractivity contribution in [2.75, 3.05) is 27.2 Å². The van der Waals surface area contributed by atoms with Crippen LogP contribution in [0.5, 0.6) is 0 Å². The number of nitrogens with one attached hydrogen (secondary N) is 2. The molecule has 3 rings (SSSR count). The summed E-state index contributed by atoms with van der Waals surface area (Å²) in [5.74, 6) is 0.988. The van der Waals surface area contributed by atoms with Gasteiger partial charge in [0.1, 0.15) is 11.7 Å². The lowest BCUT2D eigenvalue weighted by Gasteiger charge is -2.30. The molecule has 10 heteroatoms. The zero-order chi connectivity index (χ0) is 25.0. The second kappa shape index (κ2) is 10.7. The maximum absolute atomic E-state index is 13.4. The standard InChI is InChI=1S/C24H29ClN6O3/c1-7-16-11-19(18-10-9-17(12-20(18)25)22-28-15(4)34-29-22)24(33)31(8-2)23(16)27-14(3)26-13-21(32)30(5)6/h7,9-12,15,26H,3,8,13H2,1-2,4-6H3,(H,28,29)/b16-7-,27-23+. The highest BCUT2D eigenvalue weighted by Gasteiger charge is 2.31. The molecule has 1 atom stereocenters. The first-order valence-electron chi connectivity index (χ1n) is 10.9. The predicted molar refractivity (Wildman–Crippen MR) is 134 cm³/mol. The van der Waals surface area contributed by atoms with Gasteiger partial charge in [-0.2, -0.15) is 0 Å². The second-order valence-corrected chi connectivity index (χ2v) is 8.27. The Hall–Kier alpha value is -3.43. The fourth-order valence-corrected chi connectivity index (χ4v) is 3.68. The van der Waals surface area contributed by atoms with E-state index in [9.17, 15) is 9.59 Å². The number of halogens is 1. The van der Waals surface area contributed by atoms with Gasteiger partial charge in [-0.1, -0.05) is 36.4 Å². The van der Waals surface area contributed by atoms with Gasteiger partial charge in [0.15, 0.2) is 12.1 Å². The third-order valence-electron chi connectivity index (χ3n) is 5.27. The molecule has 0 saturated heterocycles. The van der Waals surface area contributed by atoms with Crippen LogP contribution in [-0.4, -0.2) is 66.7 Å². The van der Waals surface area contributed by atoms with Crippen molar-refractivity contribution >= 4 is 40.7 Å². The van der Waals surface area contributed by atoms with Crippen LogP contribution in [-0.2, 0) is 14.4 Å². The van der Waals surface area contributed by atoms with Gasteiger partial charge >= 0.3 is 0 Å². The van der Waals surface area contributed by atoms with Crippen molar-refractivity contribution in [3.63, 3.8) is 0 Å². The number of hydrogen-bond donors (Lipinski definition) is 2. The summed E-state index contributed by atoms with van der Waals surface area (Å²) in [6.45, 7) is 9.88. The van der Waals surface area contributed by atoms with E-state index in [0.29, 0.717) is 34.4 Å². The maximum atomic E-state index is 13.4. The van der Waals surface area contributed by atoms with Gasteiger partial charge in [0, 0.05) is 47.9 Å². The van der Waals surface area contributed by atoms with Gasteiger partial charge in [-0.25, -0.2) is 20.3 Å². The largest absolute Gasteiger partial charge is 0.361 e. The average molecular weight is 485 g/mol. The molecule has 1 unspecified atom stereocenters. The van der Waals surface area contributed by atoms with Gasteiger partial charge in [0.25, 0.3) is 5.91 Å². The molecular formula is C24H29ClN6O3. The van der Waals surface area contributed by atoms with Crippen molar-refractivity contribution in [2.24, 2.45) is 9.98 Å². The zero-order valence-corrected chi connectivity index (χ0v) is 20.7. The molecule has 2 heterocycles. The Morgan fingerprint density at radius 3 is 2.74 bits per heavy atom. The number of hydrogen-bond acceptors (Lipinski definition) is 7. The van der Waals surface area contributed by atoms with Crippen LogP contribution in [0.25, 0.3) is 5.57 Å². The summed E-state index contributed by atoms with van der Waals surface area (Å²) in [5.41, 5.74) is 5.34. The zero-order valence-electron chi connectivity index (χ0n) is 20.0. The van der Waals surface area contributed by atoms with E-state index in [-0.39, 0.29) is 30.4 Å². The fraction of sp³-hybridized carbons (Fsp3) is 0.333. The molecule has 0 bridgehead atoms. The molecule has 1 aromatic rings. The molecule has 1 aromatic carbocycles. The summed E-state index contributed by atoms with van der Waals surface area (Å²) < 4.78 is 0. The third-order valence-corrected chi connectivity index (χ3v) is 5.58. The van der Waals surface area contributed by atoms with Crippen molar-refractivity contribution in [3.8, 4) is 0 Å². The van der Waals surface area contributed by atoms with Crippen LogP contribution in [0.3, 0.4) is 0 Å². The quantitative estimate of drug-likeness (QED) is 0.620. The summed E-state index contributed by atoms with van der Waals surface area (Å²) in [6, 6.07) is 5.39. The van der Waals surface area contributed by atoms with Gasteiger partial charge in [-0.15, -0.1) is 0 Å². The van der Waals surface area contributed by atoms with Crippen molar-refractivity contribution < 1.29 is 14.4 Å². The molecule has 0 saturated carbocycles. The lowest BCUT2D eigenvalue weighted by Crippen LogP contribution is -2.41. The molecule has 0 fully saturated rings. The van der Waals surface area contributed by atoms with Gasteiger partial charge in [-0.05, 0) is 32.9 Å². The van der Waals surface area contributed by atoms with Gasteiger partial charge in [-0.3, -0.25) is 14.5 Å². The summed E-state index contributed by atoms with van der Waals surface area (Å²) in [4.78, 5) is 42.4. The first-order valence-corrected chi connectivity index (χ1v) is 11.3. The van der Waals surface area contributed by atoms with Gasteiger partial charge < -0.3 is 10.2 Å². The topological polar surface area (TPSA) is 98.6 Å². The number of aliphatic imine (C=N–C) groups is 2. The van der Waals surface area contributed by atoms with Crippen LogP contribution >= 0.6 is 11.6 Å². The Kier molecular flexibility index (Phi) is 7.90. The number of carbonyl (C=O) groups is 2. The maximum Gasteiger partial charge on any atom is 0.260 e. The molecule has 34 heavy (non-hydrogen) atoms. The number of amides is 2. The van der Waals surface area contributed by atoms with Gasteiger partial charge in [0.05, 0.1) is 6.54 Å². The SMILES string of the molecule is C=C(/N=C1\C(=C/C)C=C(c2ccc(C3=NC(C)ON3)cc2Cl)C(=O)N1CC)NCC(=O)N(C)C. The van der Waals surface area contributed by atoms with Crippen molar-refractivity contribution in [2.45, 2.75) is 27.0 Å². The number of nitrogens with zero attached hydrogens (tertiary/aromatic N) is 4. The Bertz CT molecular complexity index is 1140. The molecule has 0 aliphatic carbocycles. The van der Waals surface area contributed by atoms with Crippen LogP contribution < -0.4 is 10.8 Å². The minimum atomic E-state index is -0.283. The number of hydroxylamine groups is 1. The number of rotatable bonds is 7. The minimum Gasteiger partial charge on any atom is -0.361 e. The molecule has 0 radical (unpaired) electrons. The summed E-state index contributed by atoms with van der Waals surface area (Å²) in [6.07, 6.45) is 3.35. The lowest BCUT2D eigenvalue weighted by atomic mass is 9.95. The van der Waals surface area contributed by atoms with Crippen molar-refractivity contribution in [1.82, 2.24) is 20.6 Å². The summed E-state index contributed by atoms with van der Waals surface area (Å²) in [7, 11) is 3.34. The third kappa shape index (κ3) is 5.37. The van der Waals surface area contributed by atoms with Crippen LogP contribution in [0.4, 0.5) is 0 Å². The number of allylic oxidation sites excluding steroid dienone is 1. The first kappa shape index (κ1) is 25.2. The normalized spacial score (nSPS) is 20.2. The molecule has 2 aliphatic heterocycles. The average Bonchev–Trinajstić information content (AvgIpc) is 3.24. The Morgan fingerprint density at radius 2 is 2.18 bits per heavy atom. The molecule has 2 aliphatic rings. The number of benzene rings is 1. The van der Waals surface area contributed by atoms with E-state index in [2.05, 4.69) is 27.4 Å². The number of carbonyl (C=O) groups excluding carboxylic acids is 2. The van der Waals surface area contributed by atoms with E-state index in [1.807, 2.05) is 32.9 Å². The van der Waals surface area contributed by atoms with Crippen LogP contribution in [0, 0.1) is 0 Å². The molecule has 9 nitrogen and oxygen atoms in total. The highest BCUT2D eigenvalue weighted by molar-refractivity contribution is 6.37. The summed E-state index contributed by atoms with van der Waals surface area (Å²) in [5, 5.41) is 3.31. The molecule has 180 valence electrons. The van der Waals surface area contributed by atoms with Crippen LogP contribution in [0.1, 0.15) is 31.9 Å². The van der Waals surface area contributed by atoms with Crippen molar-refractivity contribution in [3.05, 3.63) is 64.5 Å². The molecule has 2 amide bonds. The molecule has 2 N–H and O–H groups in total. The highest BCUT2D eigenvalue weighted by atomic mass is 35.5. The Balaban J connectivity index is 1.92. The predicted octanol–water partition coefficient (Wildman–Crippen LogP) is 2.71. The van der Waals surface area contributed by atoms with Gasteiger partial charge in [0.2, 0.25) is 5.91 Å². The van der Waals surface area contributed by atoms with Crippen molar-refractivity contribution in [1.29, 1.82) is 0 Å². The Morgan fingerprint density at radius 1 is 1.44 bits per heavy atom. The smallest absolute Gasteiger partial charge is 0.260 e. The molecular weight excluding hydrogens is 456 g/mol. The lowest BCUT2D eigenvalue weighted by molar-refractivity contribution is -0.127. The Labute approximate surface area is 204 Å².